The number of fused-ring (bicyclic) bond motifs is 1. The molecule has 1 atom stereocenters. The van der Waals surface area contributed by atoms with Crippen LogP contribution in [0.25, 0.3) is 0 Å². The van der Waals surface area contributed by atoms with Gasteiger partial charge in [0.15, 0.2) is 0 Å². The zero-order valence-electron chi connectivity index (χ0n) is 12.2. The molecule has 0 saturated heterocycles. The average molecular weight is 270 g/mol. The Kier molecular flexibility index (Phi) is 3.49. The molecule has 0 fully saturated rings. The molecule has 106 valence electrons. The van der Waals surface area contributed by atoms with Crippen LogP contribution in [0.1, 0.15) is 35.7 Å². The number of nitrogens with zero attached hydrogens (tertiary/aromatic N) is 3. The van der Waals surface area contributed by atoms with Crippen LogP contribution >= 0.6 is 0 Å². The summed E-state index contributed by atoms with van der Waals surface area (Å²) in [6.07, 6.45) is 5.29. The van der Waals surface area contributed by atoms with Gasteiger partial charge in [0.25, 0.3) is 0 Å². The van der Waals surface area contributed by atoms with E-state index >= 15 is 0 Å². The van der Waals surface area contributed by atoms with E-state index in [1.54, 1.807) is 0 Å². The molecule has 3 rings (SSSR count). The Hall–Kier alpha value is -1.81. The van der Waals surface area contributed by atoms with E-state index in [9.17, 15) is 0 Å². The summed E-state index contributed by atoms with van der Waals surface area (Å²) in [5.74, 6) is 0. The molecule has 4 heteroatoms. The van der Waals surface area contributed by atoms with E-state index in [1.807, 2.05) is 6.20 Å². The van der Waals surface area contributed by atoms with E-state index in [-0.39, 0.29) is 6.04 Å². The molecule has 0 aliphatic heterocycles. The molecule has 2 N–H and O–H groups in total. The van der Waals surface area contributed by atoms with E-state index < -0.39 is 0 Å². The fraction of sp³-hybridized carbons (Fsp3) is 0.438. The van der Waals surface area contributed by atoms with Gasteiger partial charge >= 0.3 is 0 Å². The molecule has 2 aromatic rings. The van der Waals surface area contributed by atoms with Gasteiger partial charge in [-0.2, -0.15) is 5.10 Å². The lowest BCUT2D eigenvalue weighted by Crippen LogP contribution is -2.18. The molecule has 0 saturated carbocycles. The fourth-order valence-corrected chi connectivity index (χ4v) is 2.86. The van der Waals surface area contributed by atoms with Gasteiger partial charge in [-0.3, -0.25) is 4.68 Å². The van der Waals surface area contributed by atoms with Gasteiger partial charge in [-0.1, -0.05) is 12.1 Å². The third-order valence-corrected chi connectivity index (χ3v) is 4.09. The molecular weight excluding hydrogens is 248 g/mol. The Labute approximate surface area is 120 Å². The molecular formula is C16H22N4. The minimum Gasteiger partial charge on any atom is -0.378 e. The maximum atomic E-state index is 6.15. The summed E-state index contributed by atoms with van der Waals surface area (Å²) in [5.41, 5.74) is 11.2. The Balaban J connectivity index is 1.81. The predicted molar refractivity (Wildman–Crippen MR) is 82.0 cm³/mol. The molecule has 20 heavy (non-hydrogen) atoms. The van der Waals surface area contributed by atoms with Crippen LogP contribution in [-0.2, 0) is 13.0 Å². The first-order chi connectivity index (χ1) is 9.65. The summed E-state index contributed by atoms with van der Waals surface area (Å²) in [4.78, 5) is 2.11. The second-order valence-corrected chi connectivity index (χ2v) is 5.76. The highest BCUT2D eigenvalue weighted by atomic mass is 15.3. The molecule has 1 aromatic carbocycles. The number of hydrogen-bond donors (Lipinski definition) is 1. The van der Waals surface area contributed by atoms with Crippen LogP contribution in [0, 0.1) is 0 Å². The number of anilines is 1. The third kappa shape index (κ3) is 2.43. The zero-order valence-corrected chi connectivity index (χ0v) is 12.2. The van der Waals surface area contributed by atoms with Crippen molar-refractivity contribution in [1.82, 2.24) is 9.78 Å². The Bertz CT molecular complexity index is 583. The summed E-state index contributed by atoms with van der Waals surface area (Å²) in [5, 5.41) is 4.53. The molecule has 1 aliphatic rings. The van der Waals surface area contributed by atoms with Crippen LogP contribution in [0.3, 0.4) is 0 Å². The summed E-state index contributed by atoms with van der Waals surface area (Å²) >= 11 is 0. The quantitative estimate of drug-likeness (QED) is 0.931. The van der Waals surface area contributed by atoms with E-state index in [0.29, 0.717) is 0 Å². The first-order valence-electron chi connectivity index (χ1n) is 7.21. The molecule has 1 aromatic heterocycles. The Morgan fingerprint density at radius 2 is 2.05 bits per heavy atom. The average Bonchev–Trinajstić information content (AvgIpc) is 2.84. The van der Waals surface area contributed by atoms with Crippen molar-refractivity contribution in [1.29, 1.82) is 0 Å². The zero-order chi connectivity index (χ0) is 14.1. The van der Waals surface area contributed by atoms with Crippen LogP contribution in [-0.4, -0.2) is 23.9 Å². The van der Waals surface area contributed by atoms with Gasteiger partial charge in [0, 0.05) is 37.1 Å². The molecule has 1 heterocycles. The second-order valence-electron chi connectivity index (χ2n) is 5.76. The van der Waals surface area contributed by atoms with Crippen molar-refractivity contribution in [2.75, 3.05) is 19.0 Å². The summed E-state index contributed by atoms with van der Waals surface area (Å²) in [6.45, 7) is 0.829. The number of rotatable bonds is 3. The van der Waals surface area contributed by atoms with Crippen molar-refractivity contribution in [2.24, 2.45) is 5.73 Å². The highest BCUT2D eigenvalue weighted by Crippen LogP contribution is 2.28. The summed E-state index contributed by atoms with van der Waals surface area (Å²) < 4.78 is 2.11. The Morgan fingerprint density at radius 1 is 1.30 bits per heavy atom. The summed E-state index contributed by atoms with van der Waals surface area (Å²) in [6, 6.07) is 8.82. The molecule has 1 unspecified atom stereocenters. The van der Waals surface area contributed by atoms with Crippen molar-refractivity contribution in [2.45, 2.75) is 31.8 Å². The van der Waals surface area contributed by atoms with Crippen molar-refractivity contribution < 1.29 is 0 Å². The molecule has 4 nitrogen and oxygen atoms in total. The first-order valence-corrected chi connectivity index (χ1v) is 7.21. The van der Waals surface area contributed by atoms with E-state index in [4.69, 9.17) is 5.73 Å². The second kappa shape index (κ2) is 5.29. The van der Waals surface area contributed by atoms with Crippen molar-refractivity contribution in [3.8, 4) is 0 Å². The van der Waals surface area contributed by atoms with Crippen LogP contribution in [0.15, 0.2) is 30.5 Å². The highest BCUT2D eigenvalue weighted by Gasteiger charge is 2.21. The minimum atomic E-state index is 0.170. The van der Waals surface area contributed by atoms with Crippen LogP contribution in [0.2, 0.25) is 0 Å². The van der Waals surface area contributed by atoms with Crippen molar-refractivity contribution >= 4 is 5.69 Å². The van der Waals surface area contributed by atoms with Gasteiger partial charge < -0.3 is 10.6 Å². The van der Waals surface area contributed by atoms with Gasteiger partial charge in [0.1, 0.15) is 0 Å². The normalized spacial score (nSPS) is 17.9. The topological polar surface area (TPSA) is 47.1 Å². The van der Waals surface area contributed by atoms with E-state index in [1.165, 1.54) is 28.9 Å². The smallest absolute Gasteiger partial charge is 0.0662 e. The lowest BCUT2D eigenvalue weighted by Gasteiger charge is -2.19. The molecule has 0 amide bonds. The number of aromatic nitrogens is 2. The molecule has 0 spiro atoms. The van der Waals surface area contributed by atoms with Gasteiger partial charge in [0.2, 0.25) is 0 Å². The standard InChI is InChI=1S/C16H22N4/c1-19(2)13-8-6-12(7-9-13)11-20-16-5-3-4-15(17)14(16)10-18-20/h6-10,15H,3-5,11,17H2,1-2H3. The fourth-order valence-electron chi connectivity index (χ4n) is 2.86. The van der Waals surface area contributed by atoms with Gasteiger partial charge in [-0.25, -0.2) is 0 Å². The van der Waals surface area contributed by atoms with Crippen LogP contribution < -0.4 is 10.6 Å². The summed E-state index contributed by atoms with van der Waals surface area (Å²) in [7, 11) is 4.11. The number of hydrogen-bond acceptors (Lipinski definition) is 3. The Morgan fingerprint density at radius 3 is 2.75 bits per heavy atom. The lowest BCUT2D eigenvalue weighted by molar-refractivity contribution is 0.537. The predicted octanol–water partition coefficient (Wildman–Crippen LogP) is 2.33. The largest absolute Gasteiger partial charge is 0.378 e. The highest BCUT2D eigenvalue weighted by molar-refractivity contribution is 5.46. The first kappa shape index (κ1) is 13.2. The molecule has 0 radical (unpaired) electrons. The maximum Gasteiger partial charge on any atom is 0.0662 e. The van der Waals surface area contributed by atoms with Crippen LogP contribution in [0.5, 0.6) is 0 Å². The van der Waals surface area contributed by atoms with Crippen molar-refractivity contribution in [3.05, 3.63) is 47.3 Å². The number of benzene rings is 1. The maximum absolute atomic E-state index is 6.15. The minimum absolute atomic E-state index is 0.170. The van der Waals surface area contributed by atoms with Gasteiger partial charge in [-0.05, 0) is 37.0 Å². The lowest BCUT2D eigenvalue weighted by atomic mass is 9.94. The van der Waals surface area contributed by atoms with Crippen molar-refractivity contribution in [3.63, 3.8) is 0 Å². The van der Waals surface area contributed by atoms with E-state index in [0.717, 1.165) is 19.4 Å². The van der Waals surface area contributed by atoms with Gasteiger partial charge in [-0.15, -0.1) is 0 Å². The van der Waals surface area contributed by atoms with E-state index in [2.05, 4.69) is 53.0 Å². The van der Waals surface area contributed by atoms with Crippen LogP contribution in [0.4, 0.5) is 5.69 Å². The molecule has 1 aliphatic carbocycles. The van der Waals surface area contributed by atoms with Gasteiger partial charge in [0.05, 0.1) is 12.7 Å². The SMILES string of the molecule is CN(C)c1ccc(Cn2ncc3c2CCCC3N)cc1. The molecule has 0 bridgehead atoms. The monoisotopic (exact) mass is 270 g/mol. The third-order valence-electron chi connectivity index (χ3n) is 4.09. The number of nitrogens with two attached hydrogens (primary N) is 1.